The van der Waals surface area contributed by atoms with Crippen LogP contribution in [0.25, 0.3) is 0 Å². The van der Waals surface area contributed by atoms with E-state index in [4.69, 9.17) is 9.15 Å². The number of amides is 1. The predicted molar refractivity (Wildman–Crippen MR) is 90.9 cm³/mol. The molecule has 134 valence electrons. The number of halogens is 1. The lowest BCUT2D eigenvalue weighted by molar-refractivity contribution is -0.119. The number of carbonyl (C=O) groups excluding carboxylic acids is 1. The van der Waals surface area contributed by atoms with Gasteiger partial charge in [-0.15, -0.1) is 10.2 Å². The smallest absolute Gasteiger partial charge is 0.277 e. The van der Waals surface area contributed by atoms with E-state index in [1.54, 1.807) is 19.1 Å². The fourth-order valence-corrected chi connectivity index (χ4v) is 3.27. The number of thioether (sulfide) groups is 1. The van der Waals surface area contributed by atoms with E-state index >= 15 is 0 Å². The molecule has 0 bridgehead atoms. The molecule has 6 nitrogen and oxygen atoms in total. The SMILES string of the molecule is C[C@H](Oc1ccccc1F)c1nnc(SCC(=O)NC2CCCC2)o1. The highest BCUT2D eigenvalue weighted by molar-refractivity contribution is 7.99. The summed E-state index contributed by atoms with van der Waals surface area (Å²) < 4.78 is 24.6. The molecule has 1 amide bonds. The van der Waals surface area contributed by atoms with E-state index in [1.165, 1.54) is 36.7 Å². The number of carbonyl (C=O) groups is 1. The second kappa shape index (κ2) is 8.33. The lowest BCUT2D eigenvalue weighted by atomic mass is 10.2. The van der Waals surface area contributed by atoms with Gasteiger partial charge in [0, 0.05) is 6.04 Å². The molecule has 1 heterocycles. The fourth-order valence-electron chi connectivity index (χ4n) is 2.69. The van der Waals surface area contributed by atoms with Crippen molar-refractivity contribution < 1.29 is 18.3 Å². The Kier molecular flexibility index (Phi) is 5.91. The highest BCUT2D eigenvalue weighted by atomic mass is 32.2. The number of nitrogens with zero attached hydrogens (tertiary/aromatic N) is 2. The standard InChI is InChI=1S/C17H20FN3O3S/c1-11(23-14-9-5-4-8-13(14)18)16-20-21-17(24-16)25-10-15(22)19-12-6-2-3-7-12/h4-5,8-9,11-12H,2-3,6-7,10H2,1H3,(H,19,22)/t11-/m0/s1. The van der Waals surface area contributed by atoms with E-state index in [9.17, 15) is 9.18 Å². The zero-order valence-electron chi connectivity index (χ0n) is 13.9. The summed E-state index contributed by atoms with van der Waals surface area (Å²) >= 11 is 1.18. The van der Waals surface area contributed by atoms with E-state index in [1.807, 2.05) is 0 Å². The van der Waals surface area contributed by atoms with Gasteiger partial charge in [0.2, 0.25) is 5.91 Å². The number of rotatable bonds is 7. The summed E-state index contributed by atoms with van der Waals surface area (Å²) in [4.78, 5) is 11.9. The van der Waals surface area contributed by atoms with Gasteiger partial charge in [0.05, 0.1) is 5.75 Å². The first-order valence-electron chi connectivity index (χ1n) is 8.28. The second-order valence-electron chi connectivity index (χ2n) is 5.93. The maximum atomic E-state index is 13.6. The highest BCUT2D eigenvalue weighted by Crippen LogP contribution is 2.25. The van der Waals surface area contributed by atoms with Crippen molar-refractivity contribution in [1.82, 2.24) is 15.5 Å². The largest absolute Gasteiger partial charge is 0.478 e. The van der Waals surface area contributed by atoms with Crippen LogP contribution < -0.4 is 10.1 Å². The Morgan fingerprint density at radius 3 is 2.92 bits per heavy atom. The molecule has 0 radical (unpaired) electrons. The Hall–Kier alpha value is -2.09. The minimum atomic E-state index is -0.592. The molecule has 1 fully saturated rings. The summed E-state index contributed by atoms with van der Waals surface area (Å²) in [6.45, 7) is 1.70. The number of ether oxygens (including phenoxy) is 1. The van der Waals surface area contributed by atoms with Crippen LogP contribution in [0.2, 0.25) is 0 Å². The molecule has 8 heteroatoms. The Morgan fingerprint density at radius 2 is 2.16 bits per heavy atom. The zero-order valence-corrected chi connectivity index (χ0v) is 14.7. The van der Waals surface area contributed by atoms with Crippen molar-refractivity contribution >= 4 is 17.7 Å². The van der Waals surface area contributed by atoms with Crippen molar-refractivity contribution in [2.45, 2.75) is 50.0 Å². The first-order valence-corrected chi connectivity index (χ1v) is 9.27. The van der Waals surface area contributed by atoms with Crippen LogP contribution in [0.3, 0.4) is 0 Å². The molecule has 1 N–H and O–H groups in total. The van der Waals surface area contributed by atoms with Crippen molar-refractivity contribution in [1.29, 1.82) is 0 Å². The number of hydrogen-bond donors (Lipinski definition) is 1. The normalized spacial score (nSPS) is 15.9. The van der Waals surface area contributed by atoms with Crippen molar-refractivity contribution in [2.24, 2.45) is 0 Å². The van der Waals surface area contributed by atoms with Crippen LogP contribution in [0.15, 0.2) is 33.9 Å². The van der Waals surface area contributed by atoms with E-state index in [-0.39, 0.29) is 23.3 Å². The van der Waals surface area contributed by atoms with Crippen LogP contribution in [0.1, 0.15) is 44.6 Å². The lowest BCUT2D eigenvalue weighted by Crippen LogP contribution is -2.33. The summed E-state index contributed by atoms with van der Waals surface area (Å²) in [5, 5.41) is 11.1. The fraction of sp³-hybridized carbons (Fsp3) is 0.471. The summed E-state index contributed by atoms with van der Waals surface area (Å²) in [5.74, 6) is 0.0976. The molecule has 1 atom stereocenters. The van der Waals surface area contributed by atoms with Gasteiger partial charge in [0.1, 0.15) is 0 Å². The van der Waals surface area contributed by atoms with Crippen LogP contribution in [-0.4, -0.2) is 27.9 Å². The average Bonchev–Trinajstić information content (AvgIpc) is 3.26. The van der Waals surface area contributed by atoms with Crippen LogP contribution in [-0.2, 0) is 4.79 Å². The Bertz CT molecular complexity index is 719. The number of aromatic nitrogens is 2. The molecule has 1 aliphatic carbocycles. The van der Waals surface area contributed by atoms with Gasteiger partial charge in [-0.3, -0.25) is 4.79 Å². The van der Waals surface area contributed by atoms with Gasteiger partial charge in [-0.2, -0.15) is 0 Å². The number of benzene rings is 1. The molecular formula is C17H20FN3O3S. The molecule has 0 spiro atoms. The summed E-state index contributed by atoms with van der Waals surface area (Å²) in [6, 6.07) is 6.42. The van der Waals surface area contributed by atoms with Crippen LogP contribution in [0.5, 0.6) is 5.75 Å². The van der Waals surface area contributed by atoms with Crippen molar-refractivity contribution in [3.05, 3.63) is 36.0 Å². The number of para-hydroxylation sites is 1. The molecule has 2 aromatic rings. The summed E-state index contributed by atoms with van der Waals surface area (Å²) in [5.41, 5.74) is 0. The Morgan fingerprint density at radius 1 is 1.40 bits per heavy atom. The first-order chi connectivity index (χ1) is 12.1. The molecule has 0 saturated heterocycles. The highest BCUT2D eigenvalue weighted by Gasteiger charge is 2.20. The first kappa shape index (κ1) is 17.7. The van der Waals surface area contributed by atoms with Gasteiger partial charge in [0.15, 0.2) is 17.7 Å². The maximum absolute atomic E-state index is 13.6. The molecule has 0 unspecified atom stereocenters. The molecule has 25 heavy (non-hydrogen) atoms. The zero-order chi connectivity index (χ0) is 17.6. The van der Waals surface area contributed by atoms with Gasteiger partial charge >= 0.3 is 0 Å². The third-order valence-electron chi connectivity index (χ3n) is 3.96. The Balaban J connectivity index is 1.49. The lowest BCUT2D eigenvalue weighted by Gasteiger charge is -2.11. The van der Waals surface area contributed by atoms with Crippen molar-refractivity contribution in [3.8, 4) is 5.75 Å². The van der Waals surface area contributed by atoms with Gasteiger partial charge in [-0.25, -0.2) is 4.39 Å². The monoisotopic (exact) mass is 365 g/mol. The molecule has 1 saturated carbocycles. The van der Waals surface area contributed by atoms with E-state index in [0.717, 1.165) is 12.8 Å². The topological polar surface area (TPSA) is 77.2 Å². The van der Waals surface area contributed by atoms with Gasteiger partial charge in [0.25, 0.3) is 11.1 Å². The quantitative estimate of drug-likeness (QED) is 0.757. The molecule has 3 rings (SSSR count). The minimum absolute atomic E-state index is 0.0349. The second-order valence-corrected chi connectivity index (χ2v) is 6.86. The minimum Gasteiger partial charge on any atom is -0.478 e. The van der Waals surface area contributed by atoms with Crippen LogP contribution in [0, 0.1) is 5.82 Å². The summed E-state index contributed by atoms with van der Waals surface area (Å²) in [6.07, 6.45) is 3.85. The van der Waals surface area contributed by atoms with Crippen molar-refractivity contribution in [3.63, 3.8) is 0 Å². The van der Waals surface area contributed by atoms with Gasteiger partial charge < -0.3 is 14.5 Å². The average molecular weight is 365 g/mol. The van der Waals surface area contributed by atoms with Gasteiger partial charge in [-0.1, -0.05) is 36.7 Å². The number of hydrogen-bond acceptors (Lipinski definition) is 6. The molecule has 0 aliphatic heterocycles. The third kappa shape index (κ3) is 4.94. The van der Waals surface area contributed by atoms with Crippen molar-refractivity contribution in [2.75, 3.05) is 5.75 Å². The van der Waals surface area contributed by atoms with E-state index in [2.05, 4.69) is 15.5 Å². The third-order valence-corrected chi connectivity index (χ3v) is 4.78. The number of nitrogens with one attached hydrogen (secondary N) is 1. The predicted octanol–water partition coefficient (Wildman–Crippen LogP) is 3.50. The molecule has 1 aromatic carbocycles. The van der Waals surface area contributed by atoms with E-state index < -0.39 is 11.9 Å². The van der Waals surface area contributed by atoms with E-state index in [0.29, 0.717) is 11.3 Å². The Labute approximate surface area is 149 Å². The summed E-state index contributed by atoms with van der Waals surface area (Å²) in [7, 11) is 0. The molecular weight excluding hydrogens is 345 g/mol. The molecule has 1 aromatic heterocycles. The van der Waals surface area contributed by atoms with Crippen LogP contribution in [0.4, 0.5) is 4.39 Å². The van der Waals surface area contributed by atoms with Gasteiger partial charge in [-0.05, 0) is 31.9 Å². The maximum Gasteiger partial charge on any atom is 0.277 e. The van der Waals surface area contributed by atoms with Crippen LogP contribution >= 0.6 is 11.8 Å². The molecule has 1 aliphatic rings.